The predicted octanol–water partition coefficient (Wildman–Crippen LogP) is 2.64. The number of ether oxygens (including phenoxy) is 1. The summed E-state index contributed by atoms with van der Waals surface area (Å²) in [4.78, 5) is 12.0. The lowest BCUT2D eigenvalue weighted by molar-refractivity contribution is -0.150. The van der Waals surface area contributed by atoms with Crippen LogP contribution in [-0.4, -0.2) is 12.0 Å². The largest absolute Gasteiger partial charge is 0.461 e. The van der Waals surface area contributed by atoms with Gasteiger partial charge in [0, 0.05) is 6.04 Å². The molecule has 0 saturated heterocycles. The average molecular weight is 247 g/mol. The van der Waals surface area contributed by atoms with Gasteiger partial charge in [0.25, 0.3) is 0 Å². The lowest BCUT2D eigenvalue weighted by Crippen LogP contribution is -2.35. The summed E-state index contributed by atoms with van der Waals surface area (Å²) in [6.07, 6.45) is 5.19. The molecule has 0 aliphatic heterocycles. The summed E-state index contributed by atoms with van der Waals surface area (Å²) >= 11 is 0. The van der Waals surface area contributed by atoms with Gasteiger partial charge in [-0.05, 0) is 18.4 Å². The monoisotopic (exact) mass is 247 g/mol. The number of benzene rings is 1. The van der Waals surface area contributed by atoms with Crippen LogP contribution in [0.5, 0.6) is 0 Å². The van der Waals surface area contributed by atoms with Gasteiger partial charge in [-0.2, -0.15) is 0 Å². The van der Waals surface area contributed by atoms with Crippen molar-refractivity contribution in [2.24, 2.45) is 11.7 Å². The molecule has 0 spiro atoms. The number of nitrogens with two attached hydrogens (primary N) is 1. The first kappa shape index (κ1) is 13.1. The number of carbonyl (C=O) groups is 1. The molecule has 1 aliphatic carbocycles. The van der Waals surface area contributed by atoms with Gasteiger partial charge >= 0.3 is 5.97 Å². The fourth-order valence-corrected chi connectivity index (χ4v) is 2.46. The second-order valence-corrected chi connectivity index (χ2v) is 5.00. The van der Waals surface area contributed by atoms with Crippen LogP contribution in [0.1, 0.15) is 37.7 Å². The van der Waals surface area contributed by atoms with E-state index in [0.29, 0.717) is 6.61 Å². The maximum Gasteiger partial charge on any atom is 0.310 e. The van der Waals surface area contributed by atoms with E-state index in [4.69, 9.17) is 10.5 Å². The van der Waals surface area contributed by atoms with Crippen molar-refractivity contribution in [3.05, 3.63) is 35.9 Å². The minimum absolute atomic E-state index is 0.0317. The maximum absolute atomic E-state index is 12.0. The summed E-state index contributed by atoms with van der Waals surface area (Å²) in [5, 5.41) is 0. The van der Waals surface area contributed by atoms with Gasteiger partial charge in [-0.25, -0.2) is 0 Å². The first-order valence-electron chi connectivity index (χ1n) is 6.73. The molecule has 0 bridgehead atoms. The Hall–Kier alpha value is -1.35. The number of hydrogen-bond acceptors (Lipinski definition) is 3. The molecule has 98 valence electrons. The number of hydrogen-bond donors (Lipinski definition) is 1. The fraction of sp³-hybridized carbons (Fsp3) is 0.533. The molecule has 0 radical (unpaired) electrons. The summed E-state index contributed by atoms with van der Waals surface area (Å²) in [6, 6.07) is 9.73. The molecule has 1 aromatic carbocycles. The van der Waals surface area contributed by atoms with E-state index in [2.05, 4.69) is 0 Å². The molecule has 0 heterocycles. The third-order valence-electron chi connectivity index (χ3n) is 3.60. The second kappa shape index (κ2) is 6.55. The standard InChI is InChI=1S/C15H21NO2/c16-14-10-6-2-5-9-13(14)15(17)18-11-12-7-3-1-4-8-12/h1,3-4,7-8,13-14H,2,5-6,9-11,16H2. The van der Waals surface area contributed by atoms with Crippen LogP contribution in [0.25, 0.3) is 0 Å². The first-order valence-corrected chi connectivity index (χ1v) is 6.73. The van der Waals surface area contributed by atoms with E-state index in [-0.39, 0.29) is 17.9 Å². The molecule has 1 aliphatic rings. The van der Waals surface area contributed by atoms with Gasteiger partial charge in [0.15, 0.2) is 0 Å². The highest BCUT2D eigenvalue weighted by Crippen LogP contribution is 2.23. The van der Waals surface area contributed by atoms with Crippen molar-refractivity contribution in [2.45, 2.75) is 44.8 Å². The van der Waals surface area contributed by atoms with E-state index in [1.165, 1.54) is 6.42 Å². The molecule has 18 heavy (non-hydrogen) atoms. The average Bonchev–Trinajstić information content (AvgIpc) is 2.62. The molecule has 2 N–H and O–H groups in total. The Morgan fingerprint density at radius 1 is 1.17 bits per heavy atom. The molecular formula is C15H21NO2. The Morgan fingerprint density at radius 3 is 2.67 bits per heavy atom. The highest BCUT2D eigenvalue weighted by atomic mass is 16.5. The van der Waals surface area contributed by atoms with Crippen LogP contribution in [0.4, 0.5) is 0 Å². The van der Waals surface area contributed by atoms with Gasteiger partial charge < -0.3 is 10.5 Å². The minimum atomic E-state index is -0.131. The van der Waals surface area contributed by atoms with Crippen LogP contribution in [-0.2, 0) is 16.1 Å². The maximum atomic E-state index is 12.0. The zero-order valence-electron chi connectivity index (χ0n) is 10.7. The molecule has 0 aromatic heterocycles. The van der Waals surface area contributed by atoms with Crippen molar-refractivity contribution in [1.82, 2.24) is 0 Å². The smallest absolute Gasteiger partial charge is 0.310 e. The topological polar surface area (TPSA) is 52.3 Å². The molecule has 1 fully saturated rings. The number of esters is 1. The Bertz CT molecular complexity index is 377. The minimum Gasteiger partial charge on any atom is -0.461 e. The van der Waals surface area contributed by atoms with Gasteiger partial charge in [-0.15, -0.1) is 0 Å². The normalized spacial score (nSPS) is 24.3. The predicted molar refractivity (Wildman–Crippen MR) is 70.8 cm³/mol. The number of carbonyl (C=O) groups excluding carboxylic acids is 1. The molecule has 3 heteroatoms. The van der Waals surface area contributed by atoms with Gasteiger partial charge in [0.1, 0.15) is 6.61 Å². The zero-order valence-corrected chi connectivity index (χ0v) is 10.7. The Morgan fingerprint density at radius 2 is 1.89 bits per heavy atom. The highest BCUT2D eigenvalue weighted by molar-refractivity contribution is 5.73. The van der Waals surface area contributed by atoms with Crippen LogP contribution in [0.2, 0.25) is 0 Å². The summed E-state index contributed by atoms with van der Waals surface area (Å²) in [6.45, 7) is 0.350. The van der Waals surface area contributed by atoms with Gasteiger partial charge in [-0.1, -0.05) is 49.6 Å². The number of rotatable bonds is 3. The second-order valence-electron chi connectivity index (χ2n) is 5.00. The zero-order chi connectivity index (χ0) is 12.8. The lowest BCUT2D eigenvalue weighted by Gasteiger charge is -2.19. The molecule has 2 unspecified atom stereocenters. The summed E-state index contributed by atoms with van der Waals surface area (Å²) < 4.78 is 5.37. The molecule has 1 saturated carbocycles. The first-order chi connectivity index (χ1) is 8.77. The van der Waals surface area contributed by atoms with Crippen LogP contribution < -0.4 is 5.73 Å². The van der Waals surface area contributed by atoms with E-state index in [0.717, 1.165) is 31.2 Å². The van der Waals surface area contributed by atoms with Crippen molar-refractivity contribution in [1.29, 1.82) is 0 Å². The van der Waals surface area contributed by atoms with E-state index >= 15 is 0 Å². The Balaban J connectivity index is 1.87. The Labute approximate surface area is 108 Å². The summed E-state index contributed by atoms with van der Waals surface area (Å²) in [7, 11) is 0. The fourth-order valence-electron chi connectivity index (χ4n) is 2.46. The quantitative estimate of drug-likeness (QED) is 0.660. The third-order valence-corrected chi connectivity index (χ3v) is 3.60. The van der Waals surface area contributed by atoms with E-state index < -0.39 is 0 Å². The SMILES string of the molecule is NC1CCCCCC1C(=O)OCc1ccccc1. The third kappa shape index (κ3) is 3.57. The van der Waals surface area contributed by atoms with E-state index in [1.807, 2.05) is 30.3 Å². The Kier molecular flexibility index (Phi) is 4.76. The molecule has 0 amide bonds. The lowest BCUT2D eigenvalue weighted by atomic mass is 9.96. The van der Waals surface area contributed by atoms with Crippen LogP contribution >= 0.6 is 0 Å². The van der Waals surface area contributed by atoms with E-state index in [9.17, 15) is 4.79 Å². The van der Waals surface area contributed by atoms with Crippen molar-refractivity contribution in [3.8, 4) is 0 Å². The van der Waals surface area contributed by atoms with Crippen LogP contribution in [0, 0.1) is 5.92 Å². The van der Waals surface area contributed by atoms with Crippen molar-refractivity contribution >= 4 is 5.97 Å². The van der Waals surface area contributed by atoms with Gasteiger partial charge in [0.2, 0.25) is 0 Å². The van der Waals surface area contributed by atoms with Crippen molar-refractivity contribution in [2.75, 3.05) is 0 Å². The van der Waals surface area contributed by atoms with Gasteiger partial charge in [-0.3, -0.25) is 4.79 Å². The molecule has 2 atom stereocenters. The molecule has 1 aromatic rings. The molecular weight excluding hydrogens is 226 g/mol. The molecule has 2 rings (SSSR count). The van der Waals surface area contributed by atoms with Crippen molar-refractivity contribution < 1.29 is 9.53 Å². The summed E-state index contributed by atoms with van der Waals surface area (Å²) in [5.41, 5.74) is 7.07. The van der Waals surface area contributed by atoms with Crippen LogP contribution in [0.3, 0.4) is 0 Å². The highest BCUT2D eigenvalue weighted by Gasteiger charge is 2.28. The van der Waals surface area contributed by atoms with Crippen LogP contribution in [0.15, 0.2) is 30.3 Å². The van der Waals surface area contributed by atoms with Gasteiger partial charge in [0.05, 0.1) is 5.92 Å². The van der Waals surface area contributed by atoms with Crippen molar-refractivity contribution in [3.63, 3.8) is 0 Å². The summed E-state index contributed by atoms with van der Waals surface area (Å²) in [5.74, 6) is -0.246. The molecule has 3 nitrogen and oxygen atoms in total. The van der Waals surface area contributed by atoms with E-state index in [1.54, 1.807) is 0 Å².